The molecular formula is C16H23N3OS. The molecule has 0 radical (unpaired) electrons. The van der Waals surface area contributed by atoms with Gasteiger partial charge < -0.3 is 4.98 Å². The van der Waals surface area contributed by atoms with Crippen LogP contribution in [0.25, 0.3) is 0 Å². The van der Waals surface area contributed by atoms with E-state index in [0.29, 0.717) is 11.1 Å². The van der Waals surface area contributed by atoms with Crippen molar-refractivity contribution in [3.05, 3.63) is 22.1 Å². The number of H-pyrrole nitrogens is 1. The number of aromatic amines is 1. The Morgan fingerprint density at radius 1 is 1.43 bits per heavy atom. The van der Waals surface area contributed by atoms with Gasteiger partial charge >= 0.3 is 0 Å². The van der Waals surface area contributed by atoms with E-state index in [1.165, 1.54) is 6.07 Å². The molecule has 0 spiro atoms. The molecular weight excluding hydrogens is 282 g/mol. The lowest BCUT2D eigenvalue weighted by atomic mass is 9.70. The van der Waals surface area contributed by atoms with Crippen LogP contribution in [0.2, 0.25) is 0 Å². The molecule has 1 heterocycles. The molecule has 3 unspecified atom stereocenters. The summed E-state index contributed by atoms with van der Waals surface area (Å²) in [5.41, 5.74) is 0.854. The number of nitriles is 1. The van der Waals surface area contributed by atoms with E-state index in [1.54, 1.807) is 11.8 Å². The highest BCUT2D eigenvalue weighted by Gasteiger charge is 2.36. The van der Waals surface area contributed by atoms with E-state index in [4.69, 9.17) is 0 Å². The Balaban J connectivity index is 2.18. The monoisotopic (exact) mass is 305 g/mol. The summed E-state index contributed by atoms with van der Waals surface area (Å²) in [5.74, 6) is 0.649. The largest absolute Gasteiger partial charge is 0.301 e. The summed E-state index contributed by atoms with van der Waals surface area (Å²) in [7, 11) is 0. The maximum Gasteiger partial charge on any atom is 0.251 e. The molecule has 5 heteroatoms. The first-order chi connectivity index (χ1) is 9.79. The van der Waals surface area contributed by atoms with Crippen LogP contribution in [0.15, 0.2) is 16.0 Å². The lowest BCUT2D eigenvalue weighted by molar-refractivity contribution is 0.169. The maximum atomic E-state index is 11.6. The number of thioether (sulfide) groups is 1. The quantitative estimate of drug-likeness (QED) is 0.849. The number of aromatic nitrogens is 2. The Bertz CT molecular complexity index is 597. The summed E-state index contributed by atoms with van der Waals surface area (Å²) in [6.45, 7) is 8.61. The summed E-state index contributed by atoms with van der Waals surface area (Å²) in [6, 6.07) is 3.93. The summed E-state index contributed by atoms with van der Waals surface area (Å²) in [5, 5.41) is 10.2. The van der Waals surface area contributed by atoms with Crippen LogP contribution in [0.4, 0.5) is 0 Å². The highest BCUT2D eigenvalue weighted by molar-refractivity contribution is 7.99. The van der Waals surface area contributed by atoms with Gasteiger partial charge in [-0.3, -0.25) is 4.79 Å². The highest BCUT2D eigenvalue weighted by Crippen LogP contribution is 2.44. The van der Waals surface area contributed by atoms with Gasteiger partial charge in [0.1, 0.15) is 0 Å². The van der Waals surface area contributed by atoms with Crippen molar-refractivity contribution >= 4 is 11.8 Å². The second kappa shape index (κ2) is 6.23. The average Bonchev–Trinajstić information content (AvgIpc) is 2.36. The van der Waals surface area contributed by atoms with Crippen molar-refractivity contribution in [2.75, 3.05) is 0 Å². The van der Waals surface area contributed by atoms with Crippen molar-refractivity contribution in [1.82, 2.24) is 9.97 Å². The van der Waals surface area contributed by atoms with E-state index >= 15 is 0 Å². The molecule has 1 aliphatic carbocycles. The molecule has 1 N–H and O–H groups in total. The van der Waals surface area contributed by atoms with Crippen molar-refractivity contribution in [3.63, 3.8) is 0 Å². The first-order valence-electron chi connectivity index (χ1n) is 7.44. The van der Waals surface area contributed by atoms with Crippen LogP contribution < -0.4 is 5.56 Å². The summed E-state index contributed by atoms with van der Waals surface area (Å²) in [4.78, 5) is 18.7. The molecule has 1 aromatic heterocycles. The van der Waals surface area contributed by atoms with Crippen LogP contribution in [0, 0.1) is 35.5 Å². The minimum absolute atomic E-state index is 0.0411. The minimum Gasteiger partial charge on any atom is -0.301 e. The normalized spacial score (nSPS) is 26.3. The van der Waals surface area contributed by atoms with Gasteiger partial charge in [-0.25, -0.2) is 4.98 Å². The van der Waals surface area contributed by atoms with Crippen LogP contribution in [-0.4, -0.2) is 15.2 Å². The smallest absolute Gasteiger partial charge is 0.251 e. The van der Waals surface area contributed by atoms with E-state index in [-0.39, 0.29) is 22.1 Å². The Morgan fingerprint density at radius 2 is 2.14 bits per heavy atom. The summed E-state index contributed by atoms with van der Waals surface area (Å²) in [6.07, 6.45) is 3.05. The molecule has 0 bridgehead atoms. The van der Waals surface area contributed by atoms with Crippen molar-refractivity contribution in [2.45, 2.75) is 57.4 Å². The topological polar surface area (TPSA) is 69.5 Å². The number of rotatable bonds is 2. The van der Waals surface area contributed by atoms with Crippen molar-refractivity contribution in [3.8, 4) is 6.07 Å². The molecule has 1 saturated carbocycles. The van der Waals surface area contributed by atoms with Crippen LogP contribution in [0.5, 0.6) is 0 Å². The Hall–Kier alpha value is -1.28. The van der Waals surface area contributed by atoms with Crippen LogP contribution >= 0.6 is 11.8 Å². The standard InChI is InChI=1S/C16H23N3OS/c1-10-7-14(20)19-15(18-10)21-13-8-12(16(2,3)4)6-5-11(13)9-17/h7,11-13H,5-6,8H2,1-4H3,(H,18,19,20). The molecule has 1 aliphatic rings. The molecule has 0 aliphatic heterocycles. The van der Waals surface area contributed by atoms with Crippen LogP contribution in [0.3, 0.4) is 0 Å². The molecule has 0 amide bonds. The molecule has 0 aromatic carbocycles. The Labute approximate surface area is 130 Å². The maximum absolute atomic E-state index is 11.6. The van der Waals surface area contributed by atoms with E-state index < -0.39 is 0 Å². The molecule has 21 heavy (non-hydrogen) atoms. The number of nitrogens with one attached hydrogen (secondary N) is 1. The fourth-order valence-electron chi connectivity index (χ4n) is 2.94. The zero-order valence-corrected chi connectivity index (χ0v) is 14.0. The van der Waals surface area contributed by atoms with Gasteiger partial charge in [-0.15, -0.1) is 0 Å². The fraction of sp³-hybridized carbons (Fsp3) is 0.688. The first kappa shape index (κ1) is 16.1. The molecule has 114 valence electrons. The molecule has 2 rings (SSSR count). The van der Waals surface area contributed by atoms with Gasteiger partial charge in [-0.1, -0.05) is 32.5 Å². The summed E-state index contributed by atoms with van der Waals surface area (Å²) < 4.78 is 0. The molecule has 3 atom stereocenters. The highest BCUT2D eigenvalue weighted by atomic mass is 32.2. The number of hydrogen-bond acceptors (Lipinski definition) is 4. The second-order valence-corrected chi connectivity index (χ2v) is 8.19. The lowest BCUT2D eigenvalue weighted by Gasteiger charge is -2.39. The van der Waals surface area contributed by atoms with Crippen molar-refractivity contribution in [1.29, 1.82) is 5.26 Å². The molecule has 0 saturated heterocycles. The van der Waals surface area contributed by atoms with Crippen molar-refractivity contribution in [2.24, 2.45) is 17.3 Å². The zero-order valence-electron chi connectivity index (χ0n) is 13.1. The second-order valence-electron chi connectivity index (χ2n) is 6.96. The van der Waals surface area contributed by atoms with Gasteiger partial charge in [-0.2, -0.15) is 5.26 Å². The first-order valence-corrected chi connectivity index (χ1v) is 8.32. The van der Waals surface area contributed by atoms with Gasteiger partial charge in [0.2, 0.25) is 0 Å². The van der Waals surface area contributed by atoms with Crippen molar-refractivity contribution < 1.29 is 0 Å². The van der Waals surface area contributed by atoms with Crippen LogP contribution in [0.1, 0.15) is 45.7 Å². The predicted octanol–water partition coefficient (Wildman–Crippen LogP) is 3.53. The number of hydrogen-bond donors (Lipinski definition) is 1. The van der Waals surface area contributed by atoms with Gasteiger partial charge in [0.15, 0.2) is 5.16 Å². The Kier molecular flexibility index (Phi) is 4.77. The van der Waals surface area contributed by atoms with Gasteiger partial charge in [0.05, 0.1) is 12.0 Å². The van der Waals surface area contributed by atoms with E-state index in [9.17, 15) is 10.1 Å². The molecule has 4 nitrogen and oxygen atoms in total. The number of nitrogens with zero attached hydrogens (tertiary/aromatic N) is 2. The van der Waals surface area contributed by atoms with Crippen LogP contribution in [-0.2, 0) is 0 Å². The predicted molar refractivity (Wildman–Crippen MR) is 85.1 cm³/mol. The van der Waals surface area contributed by atoms with E-state index in [0.717, 1.165) is 25.0 Å². The summed E-state index contributed by atoms with van der Waals surface area (Å²) >= 11 is 1.56. The number of aryl methyl sites for hydroxylation is 1. The molecule has 1 aromatic rings. The lowest BCUT2D eigenvalue weighted by Crippen LogP contribution is -2.33. The van der Waals surface area contributed by atoms with Gasteiger partial charge in [-0.05, 0) is 37.5 Å². The average molecular weight is 305 g/mol. The van der Waals surface area contributed by atoms with E-state index in [1.807, 2.05) is 6.92 Å². The third kappa shape index (κ3) is 4.10. The Morgan fingerprint density at radius 3 is 2.71 bits per heavy atom. The fourth-order valence-corrected chi connectivity index (χ4v) is 4.28. The minimum atomic E-state index is -0.123. The molecule has 1 fully saturated rings. The van der Waals surface area contributed by atoms with Gasteiger partial charge in [0, 0.05) is 17.0 Å². The SMILES string of the molecule is Cc1cc(=O)[nH]c(SC2CC(C(C)(C)C)CCC2C#N)n1. The zero-order chi connectivity index (χ0) is 15.6. The van der Waals surface area contributed by atoms with E-state index in [2.05, 4.69) is 36.8 Å². The van der Waals surface area contributed by atoms with Gasteiger partial charge in [0.25, 0.3) is 5.56 Å². The third-order valence-electron chi connectivity index (χ3n) is 4.29. The third-order valence-corrected chi connectivity index (χ3v) is 5.53.